The van der Waals surface area contributed by atoms with Gasteiger partial charge < -0.3 is 10.5 Å². The molecular formula is C17H19NO2. The van der Waals surface area contributed by atoms with Crippen molar-refractivity contribution in [2.24, 2.45) is 5.73 Å². The fraction of sp³-hybridized carbons (Fsp3) is 0.235. The average molecular weight is 269 g/mol. The number of hydrogen-bond donors (Lipinski definition) is 1. The normalized spacial score (nSPS) is 13.5. The van der Waals surface area contributed by atoms with Crippen LogP contribution < -0.4 is 5.73 Å². The molecule has 0 amide bonds. The topological polar surface area (TPSA) is 52.3 Å². The molecule has 1 unspecified atom stereocenters. The van der Waals surface area contributed by atoms with Crippen molar-refractivity contribution < 1.29 is 9.53 Å². The fourth-order valence-electron chi connectivity index (χ4n) is 2.21. The van der Waals surface area contributed by atoms with E-state index in [1.54, 1.807) is 6.92 Å². The number of rotatable bonds is 5. The van der Waals surface area contributed by atoms with Gasteiger partial charge in [0.2, 0.25) is 0 Å². The molecule has 0 saturated heterocycles. The van der Waals surface area contributed by atoms with E-state index in [0.717, 1.165) is 11.1 Å². The second kappa shape index (κ2) is 6.35. The van der Waals surface area contributed by atoms with Crippen LogP contribution in [0.5, 0.6) is 0 Å². The van der Waals surface area contributed by atoms with E-state index in [1.165, 1.54) is 0 Å². The second-order valence-electron chi connectivity index (χ2n) is 4.72. The Bertz CT molecular complexity index is 554. The van der Waals surface area contributed by atoms with Gasteiger partial charge in [-0.05, 0) is 18.1 Å². The number of hydrogen-bond acceptors (Lipinski definition) is 3. The highest BCUT2D eigenvalue weighted by Gasteiger charge is 2.37. The van der Waals surface area contributed by atoms with E-state index in [0.29, 0.717) is 13.0 Å². The summed E-state index contributed by atoms with van der Waals surface area (Å²) in [5.41, 5.74) is 7.02. The highest BCUT2D eigenvalue weighted by molar-refractivity contribution is 5.82. The maximum atomic E-state index is 12.3. The van der Waals surface area contributed by atoms with Gasteiger partial charge in [0.1, 0.15) is 5.54 Å². The second-order valence-corrected chi connectivity index (χ2v) is 4.72. The Hall–Kier alpha value is -2.13. The quantitative estimate of drug-likeness (QED) is 0.849. The highest BCUT2D eigenvalue weighted by Crippen LogP contribution is 2.25. The zero-order chi connectivity index (χ0) is 14.4. The minimum Gasteiger partial charge on any atom is -0.464 e. The molecule has 20 heavy (non-hydrogen) atoms. The molecule has 0 radical (unpaired) electrons. The average Bonchev–Trinajstić information content (AvgIpc) is 2.49. The molecule has 0 spiro atoms. The first-order chi connectivity index (χ1) is 9.66. The minimum atomic E-state index is -1.15. The number of esters is 1. The van der Waals surface area contributed by atoms with Crippen molar-refractivity contribution in [3.8, 4) is 0 Å². The summed E-state index contributed by atoms with van der Waals surface area (Å²) in [6.07, 6.45) is 0.413. The molecule has 0 bridgehead atoms. The summed E-state index contributed by atoms with van der Waals surface area (Å²) in [6.45, 7) is 2.10. The lowest BCUT2D eigenvalue weighted by atomic mass is 9.85. The molecule has 2 N–H and O–H groups in total. The summed E-state index contributed by atoms with van der Waals surface area (Å²) >= 11 is 0. The molecular weight excluding hydrogens is 250 g/mol. The Balaban J connectivity index is 2.36. The third kappa shape index (κ3) is 3.06. The number of carbonyl (C=O) groups is 1. The van der Waals surface area contributed by atoms with E-state index < -0.39 is 11.5 Å². The third-order valence-corrected chi connectivity index (χ3v) is 3.25. The van der Waals surface area contributed by atoms with Gasteiger partial charge in [0.25, 0.3) is 0 Å². The van der Waals surface area contributed by atoms with Crippen LogP contribution in [-0.4, -0.2) is 12.6 Å². The van der Waals surface area contributed by atoms with E-state index in [1.807, 2.05) is 60.7 Å². The van der Waals surface area contributed by atoms with Crippen molar-refractivity contribution in [3.05, 3.63) is 71.8 Å². The van der Waals surface area contributed by atoms with Crippen LogP contribution >= 0.6 is 0 Å². The summed E-state index contributed by atoms with van der Waals surface area (Å²) in [7, 11) is 0. The van der Waals surface area contributed by atoms with E-state index in [9.17, 15) is 4.79 Å². The highest BCUT2D eigenvalue weighted by atomic mass is 16.5. The first-order valence-corrected chi connectivity index (χ1v) is 6.72. The predicted octanol–water partition coefficient (Wildman–Crippen LogP) is 2.65. The van der Waals surface area contributed by atoms with Gasteiger partial charge in [-0.1, -0.05) is 60.7 Å². The number of carbonyl (C=O) groups excluding carboxylic acids is 1. The monoisotopic (exact) mass is 269 g/mol. The van der Waals surface area contributed by atoms with Gasteiger partial charge in [0, 0.05) is 6.42 Å². The first kappa shape index (κ1) is 14.3. The SMILES string of the molecule is CCOC(=O)C(N)(Cc1ccccc1)c1ccccc1. The maximum Gasteiger partial charge on any atom is 0.331 e. The summed E-state index contributed by atoms with van der Waals surface area (Å²) in [4.78, 5) is 12.3. The molecule has 3 heteroatoms. The summed E-state index contributed by atoms with van der Waals surface area (Å²) in [6, 6.07) is 19.1. The van der Waals surface area contributed by atoms with Crippen LogP contribution in [0, 0.1) is 0 Å². The molecule has 104 valence electrons. The van der Waals surface area contributed by atoms with Crippen LogP contribution in [0.3, 0.4) is 0 Å². The van der Waals surface area contributed by atoms with Crippen molar-refractivity contribution >= 4 is 5.97 Å². The third-order valence-electron chi connectivity index (χ3n) is 3.25. The molecule has 0 aliphatic carbocycles. The largest absolute Gasteiger partial charge is 0.464 e. The number of nitrogens with two attached hydrogens (primary N) is 1. The molecule has 0 aromatic heterocycles. The zero-order valence-corrected chi connectivity index (χ0v) is 11.6. The van der Waals surface area contributed by atoms with Gasteiger partial charge in [-0.15, -0.1) is 0 Å². The molecule has 0 heterocycles. The van der Waals surface area contributed by atoms with Crippen molar-refractivity contribution in [3.63, 3.8) is 0 Å². The lowest BCUT2D eigenvalue weighted by Crippen LogP contribution is -2.48. The lowest BCUT2D eigenvalue weighted by molar-refractivity contribution is -0.150. The summed E-state index contributed by atoms with van der Waals surface area (Å²) < 4.78 is 5.17. The Morgan fingerprint density at radius 2 is 1.60 bits per heavy atom. The minimum absolute atomic E-state index is 0.319. The van der Waals surface area contributed by atoms with Gasteiger partial charge in [-0.3, -0.25) is 0 Å². The number of ether oxygens (including phenoxy) is 1. The van der Waals surface area contributed by atoms with Gasteiger partial charge >= 0.3 is 5.97 Å². The molecule has 0 saturated carbocycles. The van der Waals surface area contributed by atoms with Gasteiger partial charge in [-0.25, -0.2) is 4.79 Å². The van der Waals surface area contributed by atoms with Crippen molar-refractivity contribution in [2.45, 2.75) is 18.9 Å². The van der Waals surface area contributed by atoms with Crippen LogP contribution in [0.2, 0.25) is 0 Å². The molecule has 2 rings (SSSR count). The van der Waals surface area contributed by atoms with Crippen LogP contribution in [0.4, 0.5) is 0 Å². The van der Waals surface area contributed by atoms with Crippen molar-refractivity contribution in [1.82, 2.24) is 0 Å². The fourth-order valence-corrected chi connectivity index (χ4v) is 2.21. The standard InChI is InChI=1S/C17H19NO2/c1-2-20-16(19)17(18,15-11-7-4-8-12-15)13-14-9-5-3-6-10-14/h3-12H,2,13,18H2,1H3. The zero-order valence-electron chi connectivity index (χ0n) is 11.6. The van der Waals surface area contributed by atoms with Crippen LogP contribution in [0.15, 0.2) is 60.7 Å². The molecule has 3 nitrogen and oxygen atoms in total. The van der Waals surface area contributed by atoms with Crippen LogP contribution in [-0.2, 0) is 21.5 Å². The van der Waals surface area contributed by atoms with Gasteiger partial charge in [-0.2, -0.15) is 0 Å². The summed E-state index contributed by atoms with van der Waals surface area (Å²) in [5, 5.41) is 0. The Morgan fingerprint density at radius 3 is 2.15 bits per heavy atom. The van der Waals surface area contributed by atoms with Crippen LogP contribution in [0.25, 0.3) is 0 Å². The molecule has 2 aromatic rings. The maximum absolute atomic E-state index is 12.3. The van der Waals surface area contributed by atoms with E-state index in [-0.39, 0.29) is 0 Å². The lowest BCUT2D eigenvalue weighted by Gasteiger charge is -2.27. The van der Waals surface area contributed by atoms with Crippen molar-refractivity contribution in [2.75, 3.05) is 6.61 Å². The van der Waals surface area contributed by atoms with E-state index >= 15 is 0 Å². The Kier molecular flexibility index (Phi) is 4.53. The van der Waals surface area contributed by atoms with Crippen LogP contribution in [0.1, 0.15) is 18.1 Å². The molecule has 1 atom stereocenters. The van der Waals surface area contributed by atoms with Gasteiger partial charge in [0.05, 0.1) is 6.61 Å². The van der Waals surface area contributed by atoms with Gasteiger partial charge in [0.15, 0.2) is 0 Å². The smallest absolute Gasteiger partial charge is 0.331 e. The Labute approximate surface area is 119 Å². The van der Waals surface area contributed by atoms with Crippen molar-refractivity contribution in [1.29, 1.82) is 0 Å². The molecule has 0 fully saturated rings. The first-order valence-electron chi connectivity index (χ1n) is 6.72. The molecule has 2 aromatic carbocycles. The number of benzene rings is 2. The predicted molar refractivity (Wildman–Crippen MR) is 79.1 cm³/mol. The molecule has 0 aliphatic rings. The van der Waals surface area contributed by atoms with E-state index in [2.05, 4.69) is 0 Å². The Morgan fingerprint density at radius 1 is 1.05 bits per heavy atom. The van der Waals surface area contributed by atoms with E-state index in [4.69, 9.17) is 10.5 Å². The summed E-state index contributed by atoms with van der Waals surface area (Å²) in [5.74, 6) is -0.393. The molecule has 0 aliphatic heterocycles.